The van der Waals surface area contributed by atoms with Crippen molar-refractivity contribution in [2.24, 2.45) is 0 Å². The fourth-order valence-corrected chi connectivity index (χ4v) is 2.31. The van der Waals surface area contributed by atoms with Gasteiger partial charge in [-0.1, -0.05) is 12.1 Å². The number of ether oxygens (including phenoxy) is 3. The number of methoxy groups -OCH3 is 2. The van der Waals surface area contributed by atoms with Crippen molar-refractivity contribution in [1.29, 1.82) is 0 Å². The Bertz CT molecular complexity index is 940. The molecule has 1 N–H and O–H groups in total. The molecule has 0 fully saturated rings. The van der Waals surface area contributed by atoms with Crippen molar-refractivity contribution < 1.29 is 28.7 Å². The third-order valence-electron chi connectivity index (χ3n) is 3.82. The molecule has 29 heavy (non-hydrogen) atoms. The highest BCUT2D eigenvalue weighted by Gasteiger charge is 2.19. The van der Waals surface area contributed by atoms with Gasteiger partial charge in [0, 0.05) is 12.1 Å². The third kappa shape index (κ3) is 6.06. The Morgan fingerprint density at radius 3 is 2.55 bits per heavy atom. The van der Waals surface area contributed by atoms with Crippen LogP contribution in [0.3, 0.4) is 0 Å². The van der Waals surface area contributed by atoms with Crippen LogP contribution in [0, 0.1) is 10.1 Å². The van der Waals surface area contributed by atoms with E-state index in [1.165, 1.54) is 51.5 Å². The molecule has 2 aromatic rings. The summed E-state index contributed by atoms with van der Waals surface area (Å²) in [5.41, 5.74) is 0.772. The van der Waals surface area contributed by atoms with Crippen molar-refractivity contribution in [1.82, 2.24) is 0 Å². The number of rotatable bonds is 8. The second kappa shape index (κ2) is 9.88. The van der Waals surface area contributed by atoms with E-state index in [9.17, 15) is 19.7 Å². The highest BCUT2D eigenvalue weighted by molar-refractivity contribution is 5.97. The van der Waals surface area contributed by atoms with Crippen molar-refractivity contribution in [3.05, 3.63) is 64.2 Å². The van der Waals surface area contributed by atoms with Gasteiger partial charge < -0.3 is 19.5 Å². The lowest BCUT2D eigenvalue weighted by molar-refractivity contribution is -0.384. The van der Waals surface area contributed by atoms with Crippen LogP contribution >= 0.6 is 0 Å². The Morgan fingerprint density at radius 2 is 1.90 bits per heavy atom. The number of benzene rings is 2. The fraction of sp³-hybridized carbons (Fsp3) is 0.200. The average molecular weight is 400 g/mol. The van der Waals surface area contributed by atoms with Crippen molar-refractivity contribution in [2.75, 3.05) is 19.5 Å². The van der Waals surface area contributed by atoms with E-state index in [-0.39, 0.29) is 17.1 Å². The van der Waals surface area contributed by atoms with Crippen LogP contribution in [0.4, 0.5) is 11.4 Å². The number of carbonyl (C=O) groups excluding carboxylic acids is 2. The van der Waals surface area contributed by atoms with Crippen LogP contribution in [0.5, 0.6) is 11.5 Å². The number of anilines is 1. The molecule has 1 amide bonds. The minimum Gasteiger partial charge on any atom is -0.497 e. The number of hydrogen-bond donors (Lipinski definition) is 1. The first kappa shape index (κ1) is 21.4. The first-order chi connectivity index (χ1) is 13.8. The molecule has 0 bridgehead atoms. The Balaban J connectivity index is 1.98. The number of esters is 1. The highest BCUT2D eigenvalue weighted by atomic mass is 16.6. The molecule has 1 atom stereocenters. The zero-order chi connectivity index (χ0) is 21.4. The minimum absolute atomic E-state index is 0.115. The summed E-state index contributed by atoms with van der Waals surface area (Å²) in [5.74, 6) is -0.555. The SMILES string of the molecule is COc1cccc(/C=C/C(=O)O[C@@H](C)C(=O)Nc2ccc([N+](=O)[O-])cc2OC)c1. The summed E-state index contributed by atoms with van der Waals surface area (Å²) in [6.45, 7) is 1.41. The third-order valence-corrected chi connectivity index (χ3v) is 3.82. The van der Waals surface area contributed by atoms with Crippen LogP contribution in [0.2, 0.25) is 0 Å². The van der Waals surface area contributed by atoms with E-state index in [2.05, 4.69) is 5.32 Å². The van der Waals surface area contributed by atoms with Gasteiger partial charge in [0.15, 0.2) is 6.10 Å². The molecule has 0 aromatic heterocycles. The molecule has 0 unspecified atom stereocenters. The summed E-state index contributed by atoms with van der Waals surface area (Å²) >= 11 is 0. The number of nitro groups is 1. The van der Waals surface area contributed by atoms with Gasteiger partial charge in [-0.15, -0.1) is 0 Å². The molecule has 0 aliphatic rings. The predicted molar refractivity (Wildman–Crippen MR) is 106 cm³/mol. The molecule has 0 spiro atoms. The maximum Gasteiger partial charge on any atom is 0.331 e. The molecule has 9 heteroatoms. The molecule has 9 nitrogen and oxygen atoms in total. The van der Waals surface area contributed by atoms with E-state index >= 15 is 0 Å². The van der Waals surface area contributed by atoms with Gasteiger partial charge in [0.05, 0.1) is 30.9 Å². The fourth-order valence-electron chi connectivity index (χ4n) is 2.31. The summed E-state index contributed by atoms with van der Waals surface area (Å²) < 4.78 is 15.2. The Labute approximate surface area is 167 Å². The van der Waals surface area contributed by atoms with E-state index in [0.29, 0.717) is 5.75 Å². The quantitative estimate of drug-likeness (QED) is 0.313. The lowest BCUT2D eigenvalue weighted by Crippen LogP contribution is -2.29. The molecular formula is C20H20N2O7. The molecule has 152 valence electrons. The molecule has 2 rings (SSSR count). The highest BCUT2D eigenvalue weighted by Crippen LogP contribution is 2.29. The van der Waals surface area contributed by atoms with E-state index in [4.69, 9.17) is 14.2 Å². The average Bonchev–Trinajstić information content (AvgIpc) is 2.72. The normalized spacial score (nSPS) is 11.6. The van der Waals surface area contributed by atoms with Gasteiger partial charge in [-0.05, 0) is 36.8 Å². The van der Waals surface area contributed by atoms with Gasteiger partial charge in [0.25, 0.3) is 11.6 Å². The van der Waals surface area contributed by atoms with Crippen molar-refractivity contribution in [3.63, 3.8) is 0 Å². The van der Waals surface area contributed by atoms with E-state index < -0.39 is 22.9 Å². The van der Waals surface area contributed by atoms with Crippen LogP contribution in [-0.2, 0) is 14.3 Å². The van der Waals surface area contributed by atoms with Crippen LogP contribution in [0.15, 0.2) is 48.5 Å². The van der Waals surface area contributed by atoms with Gasteiger partial charge in [-0.2, -0.15) is 0 Å². The first-order valence-corrected chi connectivity index (χ1v) is 8.50. The molecule has 0 saturated carbocycles. The second-order valence-electron chi connectivity index (χ2n) is 5.82. The zero-order valence-electron chi connectivity index (χ0n) is 16.1. The number of nitrogens with one attached hydrogen (secondary N) is 1. The summed E-state index contributed by atoms with van der Waals surface area (Å²) in [6, 6.07) is 10.8. The zero-order valence-corrected chi connectivity index (χ0v) is 16.1. The van der Waals surface area contributed by atoms with Crippen LogP contribution in [0.25, 0.3) is 6.08 Å². The molecule has 0 heterocycles. The number of hydrogen-bond acceptors (Lipinski definition) is 7. The van der Waals surface area contributed by atoms with Gasteiger partial charge >= 0.3 is 5.97 Å². The molecule has 0 aliphatic heterocycles. The van der Waals surface area contributed by atoms with Gasteiger partial charge in [0.1, 0.15) is 11.5 Å². The number of amides is 1. The van der Waals surface area contributed by atoms with Crippen LogP contribution in [-0.4, -0.2) is 37.1 Å². The summed E-state index contributed by atoms with van der Waals surface area (Å²) in [7, 11) is 2.86. The van der Waals surface area contributed by atoms with E-state index in [1.807, 2.05) is 0 Å². The van der Waals surface area contributed by atoms with Gasteiger partial charge in [-0.3, -0.25) is 14.9 Å². The molecular weight excluding hydrogens is 380 g/mol. The maximum atomic E-state index is 12.3. The summed E-state index contributed by atoms with van der Waals surface area (Å²) in [5, 5.41) is 13.3. The van der Waals surface area contributed by atoms with E-state index in [0.717, 1.165) is 5.56 Å². The number of non-ortho nitro benzene ring substituents is 1. The minimum atomic E-state index is -1.10. The van der Waals surface area contributed by atoms with Crippen LogP contribution < -0.4 is 14.8 Å². The van der Waals surface area contributed by atoms with Gasteiger partial charge in [0.2, 0.25) is 0 Å². The molecule has 0 aliphatic carbocycles. The number of nitro benzene ring substituents is 1. The largest absolute Gasteiger partial charge is 0.497 e. The Hall–Kier alpha value is -3.88. The lowest BCUT2D eigenvalue weighted by atomic mass is 10.2. The first-order valence-electron chi connectivity index (χ1n) is 8.50. The number of nitrogens with zero attached hydrogens (tertiary/aromatic N) is 1. The topological polar surface area (TPSA) is 117 Å². The number of carbonyl (C=O) groups is 2. The van der Waals surface area contributed by atoms with Crippen LogP contribution in [0.1, 0.15) is 12.5 Å². The second-order valence-corrected chi connectivity index (χ2v) is 5.82. The smallest absolute Gasteiger partial charge is 0.331 e. The Kier molecular flexibility index (Phi) is 7.30. The molecule has 2 aromatic carbocycles. The summed E-state index contributed by atoms with van der Waals surface area (Å²) in [6.07, 6.45) is 1.64. The standard InChI is InChI=1S/C20H20N2O7/c1-13(29-19(23)10-7-14-5-4-6-16(11-14)27-2)20(24)21-17-9-8-15(22(25)26)12-18(17)28-3/h4-13H,1-3H3,(H,21,24)/b10-7+/t13-/m0/s1. The lowest BCUT2D eigenvalue weighted by Gasteiger charge is -2.14. The van der Waals surface area contributed by atoms with Crippen molar-refractivity contribution >= 4 is 29.3 Å². The monoisotopic (exact) mass is 400 g/mol. The Morgan fingerprint density at radius 1 is 1.14 bits per heavy atom. The van der Waals surface area contributed by atoms with Crippen molar-refractivity contribution in [3.8, 4) is 11.5 Å². The van der Waals surface area contributed by atoms with Gasteiger partial charge in [-0.25, -0.2) is 4.79 Å². The maximum absolute atomic E-state index is 12.3. The molecule has 0 radical (unpaired) electrons. The predicted octanol–water partition coefficient (Wildman–Crippen LogP) is 3.20. The van der Waals surface area contributed by atoms with Crippen molar-refractivity contribution in [2.45, 2.75) is 13.0 Å². The summed E-state index contributed by atoms with van der Waals surface area (Å²) in [4.78, 5) is 34.5. The van der Waals surface area contributed by atoms with E-state index in [1.54, 1.807) is 24.3 Å². The molecule has 0 saturated heterocycles.